The van der Waals surface area contributed by atoms with Crippen LogP contribution in [0.3, 0.4) is 0 Å². The molecule has 12 aromatic carbocycles. The number of hydrogen-bond donors (Lipinski definition) is 0. The molecule has 0 aliphatic rings. The molecule has 2 atom stereocenters. The van der Waals surface area contributed by atoms with Crippen molar-refractivity contribution in [3.05, 3.63) is 285 Å². The number of unbranched alkanes of at least 4 members (excludes halogenated alkanes) is 2. The van der Waals surface area contributed by atoms with E-state index in [4.69, 9.17) is 0 Å². The third-order valence-electron chi connectivity index (χ3n) is 27.2. The van der Waals surface area contributed by atoms with Gasteiger partial charge in [0.25, 0.3) is 0 Å². The van der Waals surface area contributed by atoms with Crippen LogP contribution in [0.5, 0.6) is 0 Å². The summed E-state index contributed by atoms with van der Waals surface area (Å²) in [5, 5.41) is 16.8. The van der Waals surface area contributed by atoms with Crippen molar-refractivity contribution in [2.24, 2.45) is 54.1 Å². The van der Waals surface area contributed by atoms with Gasteiger partial charge in [0.1, 0.15) is 0 Å². The standard InChI is InChI=1S/3C21H27N.2C19H23N.C17H19N/c1-14(2)10-16-6-8-20-18(12-16)19-13-17(11-15(3)4)7-9-21(19)22(20)5;1-6-14(3)16-8-10-20-18(12-16)19-13-17(15(4)7-2)9-11-21(19)22(20)5;1-4-6-8-16-10-12-20-18(14-16)19-15-17(9-7-5-2)11-13-21(19)22(20)3;1-12(2)14-6-8-18-16(10-14)17-11-15(13(3)4)7-9-19(17)20(18)5;1-4-6-14-8-10-18-16(12-14)17-13-15(7-5-2)9-11-19(17)20(18)3;1-4-12-6-8-16-14(10-12)15-11-13(5-2)7-9-17(15)18(16)3/h6-9,12-15H,10-11H2,1-5H3;8-15H,6-7H2,1-5H3;10-15H,4-9H2,1-3H3;6-13H,1-5H3;8-13H,4-7H2,1-3H3;6-11H,4-5H2,1-3H3. The Kier molecular flexibility index (Phi) is 29.8. The van der Waals surface area contributed by atoms with Crippen molar-refractivity contribution in [3.8, 4) is 0 Å². The third-order valence-corrected chi connectivity index (χ3v) is 27.2. The minimum atomic E-state index is 0.572. The Morgan fingerprint density at radius 3 is 0.613 bits per heavy atom. The molecule has 0 aliphatic carbocycles. The maximum absolute atomic E-state index is 2.41. The van der Waals surface area contributed by atoms with Crippen LogP contribution < -0.4 is 0 Å². The molecule has 2 unspecified atom stereocenters. The largest absolute Gasteiger partial charge is 0.344 e. The molecule has 6 nitrogen and oxygen atoms in total. The molecule has 0 aliphatic heterocycles. The Hall–Kier alpha value is -10.6. The van der Waals surface area contributed by atoms with Crippen LogP contribution in [0.4, 0.5) is 0 Å². The van der Waals surface area contributed by atoms with E-state index in [1.54, 1.807) is 0 Å². The highest BCUT2D eigenvalue weighted by atomic mass is 15.0. The molecule has 0 saturated carbocycles. The highest BCUT2D eigenvalue weighted by molar-refractivity contribution is 6.13. The van der Waals surface area contributed by atoms with Crippen molar-refractivity contribution in [2.75, 3.05) is 0 Å². The van der Waals surface area contributed by atoms with Gasteiger partial charge in [0, 0.05) is 173 Å². The van der Waals surface area contributed by atoms with Crippen molar-refractivity contribution < 1.29 is 0 Å². The van der Waals surface area contributed by atoms with Crippen molar-refractivity contribution in [2.45, 2.75) is 251 Å². The predicted octanol–water partition coefficient (Wildman–Crippen LogP) is 33.4. The number of hydrogen-bond acceptors (Lipinski definition) is 0. The van der Waals surface area contributed by atoms with Gasteiger partial charge >= 0.3 is 0 Å². The summed E-state index contributed by atoms with van der Waals surface area (Å²) in [7, 11) is 13.0. The lowest BCUT2D eigenvalue weighted by Crippen LogP contribution is -1.93. The van der Waals surface area contributed by atoms with Gasteiger partial charge in [-0.3, -0.25) is 0 Å². The number of rotatable bonds is 22. The van der Waals surface area contributed by atoms with Crippen LogP contribution in [0, 0.1) is 11.8 Å². The summed E-state index contributed by atoms with van der Waals surface area (Å²) in [6.45, 7) is 40.8. The molecule has 0 spiro atoms. The van der Waals surface area contributed by atoms with Gasteiger partial charge in [0.2, 0.25) is 0 Å². The maximum atomic E-state index is 2.41. The van der Waals surface area contributed by atoms with Crippen LogP contribution in [0.15, 0.2) is 218 Å². The molecule has 6 heterocycles. The van der Waals surface area contributed by atoms with E-state index >= 15 is 0 Å². The van der Waals surface area contributed by atoms with Crippen LogP contribution >= 0.6 is 0 Å². The second-order valence-electron chi connectivity index (χ2n) is 37.8. The fourth-order valence-electron chi connectivity index (χ4n) is 19.2. The topological polar surface area (TPSA) is 29.6 Å². The fourth-order valence-corrected chi connectivity index (χ4v) is 19.2. The van der Waals surface area contributed by atoms with Crippen molar-refractivity contribution >= 4 is 131 Å². The molecule has 124 heavy (non-hydrogen) atoms. The third kappa shape index (κ3) is 19.6. The summed E-state index contributed by atoms with van der Waals surface area (Å²) in [5.41, 5.74) is 33.4. The summed E-state index contributed by atoms with van der Waals surface area (Å²) in [6.07, 6.45) is 19.1. The monoisotopic (exact) mass is 1650 g/mol. The van der Waals surface area contributed by atoms with E-state index in [0.29, 0.717) is 35.5 Å². The van der Waals surface area contributed by atoms with Gasteiger partial charge in [0.05, 0.1) is 0 Å². The molecule has 0 amide bonds. The van der Waals surface area contributed by atoms with Crippen LogP contribution in [0.2, 0.25) is 0 Å². The van der Waals surface area contributed by atoms with E-state index in [1.807, 2.05) is 0 Å². The molecular weight excluding hydrogens is 1500 g/mol. The first-order valence-corrected chi connectivity index (χ1v) is 47.8. The van der Waals surface area contributed by atoms with E-state index < -0.39 is 0 Å². The molecule has 18 aromatic rings. The summed E-state index contributed by atoms with van der Waals surface area (Å²) < 4.78 is 13.9. The number of aromatic nitrogens is 6. The van der Waals surface area contributed by atoms with Crippen LogP contribution in [0.25, 0.3) is 131 Å². The van der Waals surface area contributed by atoms with Gasteiger partial charge in [-0.1, -0.05) is 223 Å². The maximum Gasteiger partial charge on any atom is 0.0488 e. The molecule has 6 heteroatoms. The van der Waals surface area contributed by atoms with Gasteiger partial charge in [-0.05, 0) is 325 Å². The van der Waals surface area contributed by atoms with Gasteiger partial charge in [-0.15, -0.1) is 0 Å². The molecule has 648 valence electrons. The van der Waals surface area contributed by atoms with Gasteiger partial charge in [-0.25, -0.2) is 0 Å². The molecule has 18 rings (SSSR count). The quantitative estimate of drug-likeness (QED) is 0.0647. The molecule has 0 radical (unpaired) electrons. The summed E-state index contributed by atoms with van der Waals surface area (Å²) in [4.78, 5) is 0. The minimum absolute atomic E-state index is 0.572. The molecule has 6 aromatic heterocycles. The lowest BCUT2D eigenvalue weighted by Gasteiger charge is -2.10. The smallest absolute Gasteiger partial charge is 0.0488 e. The number of nitrogens with zero attached hydrogens (tertiary/aromatic N) is 6. The Balaban J connectivity index is 0.000000128. The second kappa shape index (κ2) is 40.6. The van der Waals surface area contributed by atoms with E-state index in [-0.39, 0.29) is 0 Å². The van der Waals surface area contributed by atoms with Crippen molar-refractivity contribution in [3.63, 3.8) is 0 Å². The van der Waals surface area contributed by atoms with Gasteiger partial charge in [0.15, 0.2) is 0 Å². The fraction of sp³-hybridized carbons (Fsp3) is 0.390. The first-order valence-electron chi connectivity index (χ1n) is 47.8. The van der Waals surface area contributed by atoms with E-state index in [1.165, 1.54) is 275 Å². The van der Waals surface area contributed by atoms with Gasteiger partial charge < -0.3 is 27.4 Å². The predicted molar refractivity (Wildman–Crippen MR) is 549 cm³/mol. The number of fused-ring (bicyclic) bond motifs is 18. The molecular formula is C118H146N6. The summed E-state index contributed by atoms with van der Waals surface area (Å²) in [6, 6.07) is 83.3. The zero-order valence-corrected chi connectivity index (χ0v) is 80.2. The average molecular weight is 1650 g/mol. The summed E-state index contributed by atoms with van der Waals surface area (Å²) >= 11 is 0. The zero-order valence-electron chi connectivity index (χ0n) is 80.2. The SMILES string of the molecule is CC(C)Cc1ccc2c(c1)c1cc(CC(C)C)ccc1n2C.CC(C)c1ccc2c(c1)c1cc(C(C)C)ccc1n2C.CCC(C)c1ccc2c(c1)c1cc(C(C)CC)ccc1n2C.CCCCc1ccc2c(c1)c1cc(CCCC)ccc1n2C.CCCc1ccc2c(c1)c1cc(CCC)ccc1n2C.CCc1ccc2c(c1)c1cc(CC)ccc1n2C. The number of benzene rings is 12. The highest BCUT2D eigenvalue weighted by Crippen LogP contribution is 2.39. The molecule has 0 fully saturated rings. The normalized spacial score (nSPS) is 12.3. The van der Waals surface area contributed by atoms with Gasteiger partial charge in [-0.2, -0.15) is 0 Å². The zero-order chi connectivity index (χ0) is 88.5. The van der Waals surface area contributed by atoms with E-state index in [2.05, 4.69) is 413 Å². The Morgan fingerprint density at radius 1 is 0.202 bits per heavy atom. The van der Waals surface area contributed by atoms with Crippen LogP contribution in [-0.4, -0.2) is 27.4 Å². The molecule has 0 N–H and O–H groups in total. The second-order valence-corrected chi connectivity index (χ2v) is 37.8. The molecule has 0 saturated heterocycles. The van der Waals surface area contributed by atoms with Crippen LogP contribution in [-0.2, 0) is 93.7 Å². The lowest BCUT2D eigenvalue weighted by atomic mass is 9.95. The Morgan fingerprint density at radius 2 is 0.395 bits per heavy atom. The average Bonchev–Trinajstić information content (AvgIpc) is 1.67. The first kappa shape index (κ1) is 91.1. The molecule has 0 bridgehead atoms. The van der Waals surface area contributed by atoms with Crippen LogP contribution in [0.1, 0.15) is 266 Å². The van der Waals surface area contributed by atoms with E-state index in [9.17, 15) is 0 Å². The summed E-state index contributed by atoms with van der Waals surface area (Å²) in [5.74, 6) is 3.79. The Labute approximate surface area is 743 Å². The van der Waals surface area contributed by atoms with Crippen molar-refractivity contribution in [1.82, 2.24) is 27.4 Å². The van der Waals surface area contributed by atoms with Crippen molar-refractivity contribution in [1.29, 1.82) is 0 Å². The minimum Gasteiger partial charge on any atom is -0.344 e. The Bertz CT molecular complexity index is 6340. The lowest BCUT2D eigenvalue weighted by molar-refractivity contribution is 0.647. The number of aryl methyl sites for hydroxylation is 12. The highest BCUT2D eigenvalue weighted by Gasteiger charge is 2.19. The van der Waals surface area contributed by atoms with E-state index in [0.717, 1.165) is 25.7 Å². The first-order chi connectivity index (χ1) is 59.7.